The van der Waals surface area contributed by atoms with E-state index in [1.54, 1.807) is 12.0 Å². The van der Waals surface area contributed by atoms with Gasteiger partial charge in [0, 0.05) is 13.7 Å². The van der Waals surface area contributed by atoms with Crippen molar-refractivity contribution in [1.82, 2.24) is 4.90 Å². The molecule has 0 radical (unpaired) electrons. The molecule has 4 heteroatoms. The van der Waals surface area contributed by atoms with Crippen molar-refractivity contribution < 1.29 is 14.3 Å². The zero-order valence-electron chi connectivity index (χ0n) is 10.5. The van der Waals surface area contributed by atoms with Crippen LogP contribution in [0, 0.1) is 0 Å². The number of hydrogen-bond acceptors (Lipinski definition) is 3. The normalized spacial score (nSPS) is 21.0. The number of hydrogen-bond donors (Lipinski definition) is 0. The maximum Gasteiger partial charge on any atom is 0.410 e. The molecule has 0 spiro atoms. The van der Waals surface area contributed by atoms with E-state index in [4.69, 9.17) is 9.47 Å². The fourth-order valence-electron chi connectivity index (χ4n) is 1.60. The lowest BCUT2D eigenvalue weighted by Crippen LogP contribution is -2.46. The van der Waals surface area contributed by atoms with Crippen LogP contribution < -0.4 is 0 Å². The Morgan fingerprint density at radius 1 is 1.50 bits per heavy atom. The summed E-state index contributed by atoms with van der Waals surface area (Å²) in [5, 5.41) is 0. The van der Waals surface area contributed by atoms with Gasteiger partial charge in [0.25, 0.3) is 0 Å². The van der Waals surface area contributed by atoms with Crippen molar-refractivity contribution >= 4 is 6.09 Å². The van der Waals surface area contributed by atoms with Gasteiger partial charge >= 0.3 is 6.09 Å². The molecule has 16 heavy (non-hydrogen) atoms. The van der Waals surface area contributed by atoms with Gasteiger partial charge < -0.3 is 9.47 Å². The quantitative estimate of drug-likeness (QED) is 0.679. The molecule has 1 rings (SSSR count). The number of methoxy groups -OCH3 is 1. The van der Waals surface area contributed by atoms with Gasteiger partial charge in [0.1, 0.15) is 5.60 Å². The lowest BCUT2D eigenvalue weighted by Gasteiger charge is -2.33. The van der Waals surface area contributed by atoms with Gasteiger partial charge in [-0.1, -0.05) is 12.2 Å². The number of carbonyl (C=O) groups is 1. The SMILES string of the molecule is COCC1C=CCCN1C(=O)OC(C)(C)C. The summed E-state index contributed by atoms with van der Waals surface area (Å²) in [6.45, 7) is 6.82. The second-order valence-electron chi connectivity index (χ2n) is 4.91. The second kappa shape index (κ2) is 5.34. The molecule has 0 bridgehead atoms. The standard InChI is InChI=1S/C12H21NO3/c1-12(2,3)16-11(14)13-8-6-5-7-10(13)9-15-4/h5,7,10H,6,8-9H2,1-4H3. The first kappa shape index (κ1) is 13.0. The molecule has 1 aliphatic heterocycles. The first-order valence-electron chi connectivity index (χ1n) is 5.59. The van der Waals surface area contributed by atoms with Crippen LogP contribution >= 0.6 is 0 Å². The van der Waals surface area contributed by atoms with E-state index in [-0.39, 0.29) is 12.1 Å². The van der Waals surface area contributed by atoms with Gasteiger partial charge in [-0.25, -0.2) is 4.79 Å². The number of rotatable bonds is 2. The summed E-state index contributed by atoms with van der Waals surface area (Å²) in [6, 6.07) is -0.00593. The minimum Gasteiger partial charge on any atom is -0.444 e. The number of amides is 1. The highest BCUT2D eigenvalue weighted by atomic mass is 16.6. The van der Waals surface area contributed by atoms with Crippen LogP contribution in [0.25, 0.3) is 0 Å². The molecule has 0 aliphatic carbocycles. The highest BCUT2D eigenvalue weighted by molar-refractivity contribution is 5.69. The highest BCUT2D eigenvalue weighted by Crippen LogP contribution is 2.16. The van der Waals surface area contributed by atoms with E-state index >= 15 is 0 Å². The third-order valence-corrected chi connectivity index (χ3v) is 2.26. The van der Waals surface area contributed by atoms with Crippen molar-refractivity contribution in [2.24, 2.45) is 0 Å². The minimum absolute atomic E-state index is 0.00593. The topological polar surface area (TPSA) is 38.8 Å². The molecule has 1 heterocycles. The van der Waals surface area contributed by atoms with Crippen LogP contribution in [-0.4, -0.2) is 42.9 Å². The fraction of sp³-hybridized carbons (Fsp3) is 0.750. The van der Waals surface area contributed by atoms with Gasteiger partial charge in [0.2, 0.25) is 0 Å². The summed E-state index contributed by atoms with van der Waals surface area (Å²) in [7, 11) is 1.63. The molecular weight excluding hydrogens is 206 g/mol. The van der Waals surface area contributed by atoms with Crippen molar-refractivity contribution in [1.29, 1.82) is 0 Å². The second-order valence-corrected chi connectivity index (χ2v) is 4.91. The van der Waals surface area contributed by atoms with Gasteiger partial charge in [0.05, 0.1) is 12.6 Å². The molecule has 1 unspecified atom stereocenters. The zero-order chi connectivity index (χ0) is 12.2. The van der Waals surface area contributed by atoms with Crippen molar-refractivity contribution in [3.8, 4) is 0 Å². The summed E-state index contributed by atoms with van der Waals surface area (Å²) in [5.41, 5.74) is -0.449. The van der Waals surface area contributed by atoms with Crippen LogP contribution in [0.4, 0.5) is 4.79 Å². The number of ether oxygens (including phenoxy) is 2. The Bertz CT molecular complexity index is 268. The Morgan fingerprint density at radius 2 is 2.19 bits per heavy atom. The average molecular weight is 227 g/mol. The summed E-state index contributed by atoms with van der Waals surface area (Å²) < 4.78 is 10.4. The van der Waals surface area contributed by atoms with Gasteiger partial charge in [-0.2, -0.15) is 0 Å². The Hall–Kier alpha value is -1.03. The average Bonchev–Trinajstić information content (AvgIpc) is 2.16. The Labute approximate surface area is 97.2 Å². The Morgan fingerprint density at radius 3 is 2.75 bits per heavy atom. The van der Waals surface area contributed by atoms with E-state index in [0.29, 0.717) is 13.2 Å². The van der Waals surface area contributed by atoms with Crippen molar-refractivity contribution in [2.75, 3.05) is 20.3 Å². The van der Waals surface area contributed by atoms with Gasteiger partial charge in [-0.15, -0.1) is 0 Å². The molecule has 0 fully saturated rings. The molecule has 92 valence electrons. The zero-order valence-corrected chi connectivity index (χ0v) is 10.5. The van der Waals surface area contributed by atoms with Crippen molar-refractivity contribution in [2.45, 2.75) is 38.8 Å². The van der Waals surface area contributed by atoms with Gasteiger partial charge in [-0.05, 0) is 27.2 Å². The monoisotopic (exact) mass is 227 g/mol. The lowest BCUT2D eigenvalue weighted by atomic mass is 10.1. The predicted octanol–water partition coefficient (Wildman–Crippen LogP) is 2.20. The summed E-state index contributed by atoms with van der Waals surface area (Å²) in [4.78, 5) is 13.6. The number of carbonyl (C=O) groups excluding carboxylic acids is 1. The molecule has 1 atom stereocenters. The molecule has 0 aromatic rings. The van der Waals surface area contributed by atoms with E-state index < -0.39 is 5.60 Å². The van der Waals surface area contributed by atoms with E-state index in [2.05, 4.69) is 6.08 Å². The summed E-state index contributed by atoms with van der Waals surface area (Å²) in [5.74, 6) is 0. The van der Waals surface area contributed by atoms with Crippen LogP contribution in [0.3, 0.4) is 0 Å². The molecule has 0 aromatic carbocycles. The van der Waals surface area contributed by atoms with Crippen LogP contribution in [0.2, 0.25) is 0 Å². The first-order chi connectivity index (χ1) is 7.44. The van der Waals surface area contributed by atoms with Crippen LogP contribution in [-0.2, 0) is 9.47 Å². The maximum atomic E-state index is 11.9. The molecule has 0 saturated heterocycles. The van der Waals surface area contributed by atoms with E-state index in [1.807, 2.05) is 26.8 Å². The third-order valence-electron chi connectivity index (χ3n) is 2.26. The Kier molecular flexibility index (Phi) is 4.35. The minimum atomic E-state index is -0.449. The van der Waals surface area contributed by atoms with Crippen LogP contribution in [0.5, 0.6) is 0 Å². The van der Waals surface area contributed by atoms with E-state index in [1.165, 1.54) is 0 Å². The predicted molar refractivity (Wildman–Crippen MR) is 62.4 cm³/mol. The molecule has 4 nitrogen and oxygen atoms in total. The van der Waals surface area contributed by atoms with Gasteiger partial charge in [-0.3, -0.25) is 4.90 Å². The molecule has 1 aliphatic rings. The third kappa shape index (κ3) is 3.85. The molecular formula is C12H21NO3. The molecule has 0 N–H and O–H groups in total. The summed E-state index contributed by atoms with van der Waals surface area (Å²) in [6.07, 6.45) is 4.68. The van der Waals surface area contributed by atoms with Crippen LogP contribution in [0.1, 0.15) is 27.2 Å². The van der Waals surface area contributed by atoms with E-state index in [0.717, 1.165) is 6.42 Å². The van der Waals surface area contributed by atoms with E-state index in [9.17, 15) is 4.79 Å². The first-order valence-corrected chi connectivity index (χ1v) is 5.59. The Balaban J connectivity index is 2.62. The van der Waals surface area contributed by atoms with Gasteiger partial charge in [0.15, 0.2) is 0 Å². The smallest absolute Gasteiger partial charge is 0.410 e. The lowest BCUT2D eigenvalue weighted by molar-refractivity contribution is 0.0112. The molecule has 0 saturated carbocycles. The molecule has 1 amide bonds. The highest BCUT2D eigenvalue weighted by Gasteiger charge is 2.27. The fourth-order valence-corrected chi connectivity index (χ4v) is 1.60. The van der Waals surface area contributed by atoms with Crippen molar-refractivity contribution in [3.63, 3.8) is 0 Å². The largest absolute Gasteiger partial charge is 0.444 e. The van der Waals surface area contributed by atoms with Crippen LogP contribution in [0.15, 0.2) is 12.2 Å². The summed E-state index contributed by atoms with van der Waals surface area (Å²) >= 11 is 0. The molecule has 0 aromatic heterocycles. The maximum absolute atomic E-state index is 11.9. The number of nitrogens with zero attached hydrogens (tertiary/aromatic N) is 1. The van der Waals surface area contributed by atoms with Crippen molar-refractivity contribution in [3.05, 3.63) is 12.2 Å².